The Morgan fingerprint density at radius 1 is 1.52 bits per heavy atom. The van der Waals surface area contributed by atoms with Crippen molar-refractivity contribution in [2.24, 2.45) is 5.92 Å². The summed E-state index contributed by atoms with van der Waals surface area (Å²) in [5, 5.41) is 13.4. The number of nitrogens with one attached hydrogen (secondary N) is 1. The summed E-state index contributed by atoms with van der Waals surface area (Å²) in [4.78, 5) is 26.8. The van der Waals surface area contributed by atoms with Gasteiger partial charge < -0.3 is 10.4 Å². The van der Waals surface area contributed by atoms with Crippen molar-refractivity contribution in [3.05, 3.63) is 16.1 Å². The molecule has 0 radical (unpaired) electrons. The standard InChI is InChI=1S/C13H19N3O5S2/c1-2-23(20,21)16-5-3-4-9(7-16)12(17)14-6-11-15-10(8-22-11)13(18)19/h8-9H,2-7H2,1H3,(H,14,17)(H,18,19). The topological polar surface area (TPSA) is 117 Å². The van der Waals surface area contributed by atoms with Crippen LogP contribution in [0.4, 0.5) is 0 Å². The number of amides is 1. The molecule has 8 nitrogen and oxygen atoms in total. The smallest absolute Gasteiger partial charge is 0.355 e. The van der Waals surface area contributed by atoms with Gasteiger partial charge >= 0.3 is 5.97 Å². The van der Waals surface area contributed by atoms with Crippen molar-refractivity contribution in [3.63, 3.8) is 0 Å². The lowest BCUT2D eigenvalue weighted by atomic mass is 9.99. The fourth-order valence-corrected chi connectivity index (χ4v) is 4.28. The number of hydrogen-bond donors (Lipinski definition) is 2. The van der Waals surface area contributed by atoms with Gasteiger partial charge in [0.1, 0.15) is 5.01 Å². The van der Waals surface area contributed by atoms with E-state index in [0.717, 1.165) is 11.3 Å². The van der Waals surface area contributed by atoms with Crippen LogP contribution in [0, 0.1) is 5.92 Å². The Balaban J connectivity index is 1.91. The van der Waals surface area contributed by atoms with E-state index < -0.39 is 16.0 Å². The fourth-order valence-electron chi connectivity index (χ4n) is 2.39. The number of aromatic nitrogens is 1. The van der Waals surface area contributed by atoms with Crippen molar-refractivity contribution in [3.8, 4) is 0 Å². The summed E-state index contributed by atoms with van der Waals surface area (Å²) in [7, 11) is -3.28. The summed E-state index contributed by atoms with van der Waals surface area (Å²) < 4.78 is 25.2. The fraction of sp³-hybridized carbons (Fsp3) is 0.615. The molecule has 23 heavy (non-hydrogen) atoms. The SMILES string of the molecule is CCS(=O)(=O)N1CCCC(C(=O)NCc2nc(C(=O)O)cs2)C1. The highest BCUT2D eigenvalue weighted by Gasteiger charge is 2.31. The van der Waals surface area contributed by atoms with Crippen molar-refractivity contribution in [2.75, 3.05) is 18.8 Å². The van der Waals surface area contributed by atoms with Crippen LogP contribution in [-0.2, 0) is 21.4 Å². The summed E-state index contributed by atoms with van der Waals surface area (Å²) >= 11 is 1.16. The van der Waals surface area contributed by atoms with Gasteiger partial charge in [0.05, 0.1) is 18.2 Å². The van der Waals surface area contributed by atoms with Crippen molar-refractivity contribution >= 4 is 33.2 Å². The van der Waals surface area contributed by atoms with Gasteiger partial charge in [-0.25, -0.2) is 22.5 Å². The number of nitrogens with zero attached hydrogens (tertiary/aromatic N) is 2. The minimum absolute atomic E-state index is 0.0262. The van der Waals surface area contributed by atoms with Gasteiger partial charge in [-0.15, -0.1) is 11.3 Å². The van der Waals surface area contributed by atoms with E-state index in [4.69, 9.17) is 5.11 Å². The van der Waals surface area contributed by atoms with Gasteiger partial charge in [0.2, 0.25) is 15.9 Å². The minimum Gasteiger partial charge on any atom is -0.476 e. The molecule has 1 unspecified atom stereocenters. The molecule has 2 rings (SSSR count). The Labute approximate surface area is 138 Å². The summed E-state index contributed by atoms with van der Waals surface area (Å²) in [6.07, 6.45) is 1.29. The summed E-state index contributed by atoms with van der Waals surface area (Å²) in [6, 6.07) is 0. The highest BCUT2D eigenvalue weighted by Crippen LogP contribution is 2.20. The number of thiazole rings is 1. The predicted octanol–water partition coefficient (Wildman–Crippen LogP) is 0.519. The van der Waals surface area contributed by atoms with Crippen LogP contribution in [0.15, 0.2) is 5.38 Å². The molecule has 2 heterocycles. The lowest BCUT2D eigenvalue weighted by Crippen LogP contribution is -2.45. The maximum Gasteiger partial charge on any atom is 0.355 e. The first-order valence-electron chi connectivity index (χ1n) is 7.26. The first kappa shape index (κ1) is 17.8. The monoisotopic (exact) mass is 361 g/mol. The molecule has 1 aliphatic heterocycles. The molecule has 1 amide bonds. The normalized spacial score (nSPS) is 19.4. The summed E-state index contributed by atoms with van der Waals surface area (Å²) in [5.74, 6) is -1.69. The number of aromatic carboxylic acids is 1. The van der Waals surface area contributed by atoms with Crippen LogP contribution in [0.2, 0.25) is 0 Å². The molecule has 1 saturated heterocycles. The van der Waals surface area contributed by atoms with Crippen LogP contribution in [0.1, 0.15) is 35.3 Å². The first-order valence-corrected chi connectivity index (χ1v) is 9.75. The molecule has 10 heteroatoms. The third-order valence-corrected chi connectivity index (χ3v) is 6.39. The Bertz CT molecular complexity index is 686. The Morgan fingerprint density at radius 3 is 2.87 bits per heavy atom. The number of rotatable bonds is 6. The highest BCUT2D eigenvalue weighted by molar-refractivity contribution is 7.89. The van der Waals surface area contributed by atoms with Crippen LogP contribution in [-0.4, -0.2) is 53.5 Å². The molecule has 0 spiro atoms. The van der Waals surface area contributed by atoms with Crippen LogP contribution in [0.5, 0.6) is 0 Å². The first-order chi connectivity index (χ1) is 10.8. The molecule has 1 fully saturated rings. The number of hydrogen-bond acceptors (Lipinski definition) is 6. The molecule has 0 aliphatic carbocycles. The van der Waals surface area contributed by atoms with E-state index in [-0.39, 0.29) is 36.4 Å². The maximum atomic E-state index is 12.2. The van der Waals surface area contributed by atoms with Gasteiger partial charge in [0, 0.05) is 18.5 Å². The number of carbonyl (C=O) groups is 2. The molecule has 2 N–H and O–H groups in total. The second-order valence-corrected chi connectivity index (χ2v) is 8.45. The van der Waals surface area contributed by atoms with Gasteiger partial charge in [-0.05, 0) is 19.8 Å². The zero-order chi connectivity index (χ0) is 17.0. The number of carbonyl (C=O) groups excluding carboxylic acids is 1. The second kappa shape index (κ2) is 7.37. The average Bonchev–Trinajstić information content (AvgIpc) is 3.02. The van der Waals surface area contributed by atoms with E-state index in [9.17, 15) is 18.0 Å². The van der Waals surface area contributed by atoms with Crippen LogP contribution in [0.25, 0.3) is 0 Å². The van der Waals surface area contributed by atoms with Crippen LogP contribution in [0.3, 0.4) is 0 Å². The Hall–Kier alpha value is -1.52. The van der Waals surface area contributed by atoms with E-state index in [2.05, 4.69) is 10.3 Å². The third kappa shape index (κ3) is 4.49. The molecular weight excluding hydrogens is 342 g/mol. The number of carboxylic acids is 1. The van der Waals surface area contributed by atoms with Gasteiger partial charge in [0.15, 0.2) is 5.69 Å². The van der Waals surface area contributed by atoms with E-state index in [0.29, 0.717) is 24.4 Å². The van der Waals surface area contributed by atoms with Gasteiger partial charge in [0.25, 0.3) is 0 Å². The van der Waals surface area contributed by atoms with Crippen molar-refractivity contribution in [1.29, 1.82) is 0 Å². The average molecular weight is 361 g/mol. The lowest BCUT2D eigenvalue weighted by molar-refractivity contribution is -0.126. The maximum absolute atomic E-state index is 12.2. The van der Waals surface area contributed by atoms with Gasteiger partial charge in [-0.3, -0.25) is 4.79 Å². The van der Waals surface area contributed by atoms with Crippen molar-refractivity contribution in [1.82, 2.24) is 14.6 Å². The summed E-state index contributed by atoms with van der Waals surface area (Å²) in [5.41, 5.74) is -0.0443. The van der Waals surface area contributed by atoms with Crippen LogP contribution < -0.4 is 5.32 Å². The molecule has 128 valence electrons. The molecule has 1 atom stereocenters. The Kier molecular flexibility index (Phi) is 5.71. The quantitative estimate of drug-likeness (QED) is 0.763. The highest BCUT2D eigenvalue weighted by atomic mass is 32.2. The number of carboxylic acid groups (broad SMARTS) is 1. The third-order valence-electron chi connectivity index (χ3n) is 3.70. The molecule has 0 bridgehead atoms. The lowest BCUT2D eigenvalue weighted by Gasteiger charge is -2.30. The molecule has 0 saturated carbocycles. The number of piperidine rings is 1. The molecule has 0 aromatic carbocycles. The Morgan fingerprint density at radius 2 is 2.26 bits per heavy atom. The minimum atomic E-state index is -3.28. The molecular formula is C13H19N3O5S2. The van der Waals surface area contributed by atoms with E-state index in [1.807, 2.05) is 0 Å². The molecule has 1 aromatic rings. The number of sulfonamides is 1. The largest absolute Gasteiger partial charge is 0.476 e. The van der Waals surface area contributed by atoms with Gasteiger partial charge in [-0.1, -0.05) is 0 Å². The van der Waals surface area contributed by atoms with E-state index >= 15 is 0 Å². The zero-order valence-corrected chi connectivity index (χ0v) is 14.3. The van der Waals surface area contributed by atoms with E-state index in [1.165, 1.54) is 9.69 Å². The van der Waals surface area contributed by atoms with Crippen molar-refractivity contribution in [2.45, 2.75) is 26.3 Å². The van der Waals surface area contributed by atoms with Crippen molar-refractivity contribution < 1.29 is 23.1 Å². The zero-order valence-electron chi connectivity index (χ0n) is 12.7. The van der Waals surface area contributed by atoms with Gasteiger partial charge in [-0.2, -0.15) is 0 Å². The second-order valence-electron chi connectivity index (χ2n) is 5.25. The van der Waals surface area contributed by atoms with Crippen LogP contribution >= 0.6 is 11.3 Å². The molecule has 1 aliphatic rings. The van der Waals surface area contributed by atoms with E-state index in [1.54, 1.807) is 6.92 Å². The summed E-state index contributed by atoms with van der Waals surface area (Å²) in [6.45, 7) is 2.38. The predicted molar refractivity (Wildman–Crippen MR) is 84.7 cm³/mol. The molecule has 1 aromatic heterocycles.